The highest BCUT2D eigenvalue weighted by molar-refractivity contribution is 7.25. The molecular formula is C45H27N3OS. The molecule has 4 aromatic heterocycles. The molecule has 0 fully saturated rings. The van der Waals surface area contributed by atoms with Crippen LogP contribution in [-0.2, 0) is 0 Å². The monoisotopic (exact) mass is 657 g/mol. The lowest BCUT2D eigenvalue weighted by Crippen LogP contribution is -1.96. The van der Waals surface area contributed by atoms with Crippen molar-refractivity contribution in [3.05, 3.63) is 164 Å². The van der Waals surface area contributed by atoms with Gasteiger partial charge in [-0.05, 0) is 70.8 Å². The number of hydrogen-bond acceptors (Lipinski definition) is 5. The van der Waals surface area contributed by atoms with Gasteiger partial charge in [-0.25, -0.2) is 9.97 Å². The number of aromatic nitrogens is 3. The summed E-state index contributed by atoms with van der Waals surface area (Å²) >= 11 is 1.84. The second kappa shape index (κ2) is 11.6. The Labute approximate surface area is 292 Å². The fourth-order valence-electron chi connectivity index (χ4n) is 7.02. The zero-order valence-electron chi connectivity index (χ0n) is 26.7. The van der Waals surface area contributed by atoms with Crippen molar-refractivity contribution < 1.29 is 4.42 Å². The number of para-hydroxylation sites is 1. The number of nitrogens with zero attached hydrogens (tertiary/aromatic N) is 3. The smallest absolute Gasteiger partial charge is 0.160 e. The zero-order chi connectivity index (χ0) is 33.0. The highest BCUT2D eigenvalue weighted by atomic mass is 32.1. The van der Waals surface area contributed by atoms with Gasteiger partial charge in [0.15, 0.2) is 5.82 Å². The summed E-state index contributed by atoms with van der Waals surface area (Å²) in [5.41, 5.74) is 10.7. The van der Waals surface area contributed by atoms with Crippen molar-refractivity contribution >= 4 is 53.4 Å². The van der Waals surface area contributed by atoms with Crippen LogP contribution in [0.4, 0.5) is 0 Å². The van der Waals surface area contributed by atoms with E-state index in [-0.39, 0.29) is 0 Å². The summed E-state index contributed by atoms with van der Waals surface area (Å²) in [7, 11) is 0. The Balaban J connectivity index is 1.19. The summed E-state index contributed by atoms with van der Waals surface area (Å²) in [6, 6.07) is 52.9. The molecule has 0 saturated heterocycles. The van der Waals surface area contributed by atoms with Crippen LogP contribution < -0.4 is 0 Å². The van der Waals surface area contributed by atoms with Crippen molar-refractivity contribution in [2.75, 3.05) is 0 Å². The number of thiophene rings is 1. The number of furan rings is 1. The van der Waals surface area contributed by atoms with Gasteiger partial charge in [0, 0.05) is 60.0 Å². The molecule has 10 aromatic rings. The van der Waals surface area contributed by atoms with Gasteiger partial charge in [0.2, 0.25) is 0 Å². The molecule has 0 spiro atoms. The topological polar surface area (TPSA) is 51.8 Å². The average Bonchev–Trinajstić information content (AvgIpc) is 3.77. The normalized spacial score (nSPS) is 11.6. The number of fused-ring (bicyclic) bond motifs is 6. The summed E-state index contributed by atoms with van der Waals surface area (Å²) in [6.45, 7) is 0. The Morgan fingerprint density at radius 3 is 2.06 bits per heavy atom. The fraction of sp³-hybridized carbons (Fsp3) is 0. The Kier molecular flexibility index (Phi) is 6.64. The third-order valence-corrected chi connectivity index (χ3v) is 10.6. The molecule has 10 rings (SSSR count). The van der Waals surface area contributed by atoms with Crippen LogP contribution in [0.2, 0.25) is 0 Å². The third-order valence-electron chi connectivity index (χ3n) is 9.42. The molecule has 0 aliphatic carbocycles. The lowest BCUT2D eigenvalue weighted by atomic mass is 9.95. The van der Waals surface area contributed by atoms with Gasteiger partial charge >= 0.3 is 0 Å². The number of pyridine rings is 1. The minimum absolute atomic E-state index is 0.663. The van der Waals surface area contributed by atoms with E-state index in [2.05, 4.69) is 114 Å². The first kappa shape index (κ1) is 28.6. The van der Waals surface area contributed by atoms with Crippen LogP contribution in [0.5, 0.6) is 0 Å². The maximum absolute atomic E-state index is 6.74. The van der Waals surface area contributed by atoms with Crippen LogP contribution in [0.3, 0.4) is 0 Å². The Bertz CT molecular complexity index is 2870. The zero-order valence-corrected chi connectivity index (χ0v) is 27.6. The van der Waals surface area contributed by atoms with E-state index >= 15 is 0 Å². The molecular weight excluding hydrogens is 631 g/mol. The summed E-state index contributed by atoms with van der Waals surface area (Å²) in [4.78, 5) is 14.5. The van der Waals surface area contributed by atoms with Crippen LogP contribution in [0.15, 0.2) is 168 Å². The van der Waals surface area contributed by atoms with Gasteiger partial charge in [-0.2, -0.15) is 0 Å². The molecule has 0 bridgehead atoms. The van der Waals surface area contributed by atoms with Gasteiger partial charge < -0.3 is 4.42 Å². The quantitative estimate of drug-likeness (QED) is 0.185. The molecule has 0 atom stereocenters. The maximum atomic E-state index is 6.74. The molecule has 4 heterocycles. The standard InChI is InChI=1S/C45H27N3OS/c1-2-9-29(10-3-1)45-47-38(32-12-8-11-30(25-32)28-21-23-46-24-22-28)27-39(48-45)36-20-19-33(43-37-14-4-6-15-40(37)49-44(36)43)31-17-18-35-34-13-5-7-16-41(34)50-42(35)26-31/h1-27H. The minimum Gasteiger partial charge on any atom is -0.455 e. The maximum Gasteiger partial charge on any atom is 0.160 e. The van der Waals surface area contributed by atoms with E-state index in [1.807, 2.05) is 66.2 Å². The van der Waals surface area contributed by atoms with Gasteiger partial charge in [-0.1, -0.05) is 103 Å². The molecule has 0 aliphatic rings. The Hall–Kier alpha value is -6.43. The molecule has 0 saturated carbocycles. The second-order valence-electron chi connectivity index (χ2n) is 12.4. The first-order chi connectivity index (χ1) is 24.8. The lowest BCUT2D eigenvalue weighted by molar-refractivity contribution is 0.670. The lowest BCUT2D eigenvalue weighted by Gasteiger charge is -2.12. The number of rotatable bonds is 5. The van der Waals surface area contributed by atoms with Gasteiger partial charge in [-0.15, -0.1) is 11.3 Å². The van der Waals surface area contributed by atoms with Crippen molar-refractivity contribution in [2.24, 2.45) is 0 Å². The largest absolute Gasteiger partial charge is 0.455 e. The molecule has 0 radical (unpaired) electrons. The number of hydrogen-bond donors (Lipinski definition) is 0. The predicted octanol–water partition coefficient (Wildman–Crippen LogP) is 12.5. The van der Waals surface area contributed by atoms with Crippen LogP contribution >= 0.6 is 11.3 Å². The second-order valence-corrected chi connectivity index (χ2v) is 13.5. The van der Waals surface area contributed by atoms with Crippen molar-refractivity contribution in [2.45, 2.75) is 0 Å². The van der Waals surface area contributed by atoms with E-state index in [1.165, 1.54) is 20.2 Å². The van der Waals surface area contributed by atoms with Crippen LogP contribution in [-0.4, -0.2) is 15.0 Å². The van der Waals surface area contributed by atoms with Crippen molar-refractivity contribution in [1.82, 2.24) is 15.0 Å². The van der Waals surface area contributed by atoms with Gasteiger partial charge in [-0.3, -0.25) is 4.98 Å². The molecule has 5 heteroatoms. The van der Waals surface area contributed by atoms with E-state index in [9.17, 15) is 0 Å². The van der Waals surface area contributed by atoms with E-state index in [0.717, 1.165) is 72.3 Å². The Morgan fingerprint density at radius 1 is 0.440 bits per heavy atom. The van der Waals surface area contributed by atoms with Gasteiger partial charge in [0.1, 0.15) is 11.2 Å². The molecule has 4 nitrogen and oxygen atoms in total. The molecule has 50 heavy (non-hydrogen) atoms. The fourth-order valence-corrected chi connectivity index (χ4v) is 8.16. The van der Waals surface area contributed by atoms with Gasteiger partial charge in [0.05, 0.1) is 11.4 Å². The van der Waals surface area contributed by atoms with Crippen molar-refractivity contribution in [3.8, 4) is 56.2 Å². The van der Waals surface area contributed by atoms with Crippen molar-refractivity contribution in [1.29, 1.82) is 0 Å². The first-order valence-electron chi connectivity index (χ1n) is 16.6. The number of benzene rings is 6. The molecule has 0 amide bonds. The van der Waals surface area contributed by atoms with Crippen LogP contribution in [0.25, 0.3) is 98.3 Å². The van der Waals surface area contributed by atoms with Crippen molar-refractivity contribution in [3.63, 3.8) is 0 Å². The molecule has 0 aliphatic heterocycles. The minimum atomic E-state index is 0.663. The van der Waals surface area contributed by atoms with E-state index in [1.54, 1.807) is 0 Å². The summed E-state index contributed by atoms with van der Waals surface area (Å²) in [5.74, 6) is 0.663. The molecule has 234 valence electrons. The van der Waals surface area contributed by atoms with Crippen LogP contribution in [0, 0.1) is 0 Å². The summed E-state index contributed by atoms with van der Waals surface area (Å²) < 4.78 is 9.31. The van der Waals surface area contributed by atoms with E-state index in [0.29, 0.717) is 5.82 Å². The highest BCUT2D eigenvalue weighted by Crippen LogP contribution is 2.44. The summed E-state index contributed by atoms with van der Waals surface area (Å²) in [6.07, 6.45) is 3.64. The van der Waals surface area contributed by atoms with E-state index < -0.39 is 0 Å². The highest BCUT2D eigenvalue weighted by Gasteiger charge is 2.20. The molecule has 6 aromatic carbocycles. The third kappa shape index (κ3) is 4.79. The average molecular weight is 658 g/mol. The van der Waals surface area contributed by atoms with Gasteiger partial charge in [0.25, 0.3) is 0 Å². The molecule has 0 unspecified atom stereocenters. The Morgan fingerprint density at radius 2 is 1.16 bits per heavy atom. The van der Waals surface area contributed by atoms with Crippen LogP contribution in [0.1, 0.15) is 0 Å². The predicted molar refractivity (Wildman–Crippen MR) is 207 cm³/mol. The summed E-state index contributed by atoms with van der Waals surface area (Å²) in [5, 5.41) is 4.75. The first-order valence-corrected chi connectivity index (χ1v) is 17.4. The van der Waals surface area contributed by atoms with E-state index in [4.69, 9.17) is 14.4 Å². The SMILES string of the molecule is c1ccc(-c2nc(-c3cccc(-c4ccncc4)c3)cc(-c3ccc(-c4ccc5c(c4)sc4ccccc45)c4c3oc3ccccc34)n2)cc1. The molecule has 0 N–H and O–H groups in total.